The van der Waals surface area contributed by atoms with Crippen LogP contribution in [0.4, 0.5) is 22.0 Å². The van der Waals surface area contributed by atoms with Crippen LogP contribution in [-0.2, 0) is 6.42 Å². The summed E-state index contributed by atoms with van der Waals surface area (Å²) >= 11 is 0. The van der Waals surface area contributed by atoms with Gasteiger partial charge in [-0.3, -0.25) is 0 Å². The molecule has 1 aromatic carbocycles. The molecule has 31 heavy (non-hydrogen) atoms. The molecule has 0 radical (unpaired) electrons. The predicted octanol–water partition coefficient (Wildman–Crippen LogP) is 8.38. The predicted molar refractivity (Wildman–Crippen MR) is 112 cm³/mol. The summed E-state index contributed by atoms with van der Waals surface area (Å²) in [6, 6.07) is 1.92. The lowest BCUT2D eigenvalue weighted by Crippen LogP contribution is -2.25. The summed E-state index contributed by atoms with van der Waals surface area (Å²) in [6.45, 7) is 2.17. The highest BCUT2D eigenvalue weighted by molar-refractivity contribution is 5.31. The first-order valence-corrected chi connectivity index (χ1v) is 11.7. The highest BCUT2D eigenvalue weighted by Crippen LogP contribution is 2.42. The van der Waals surface area contributed by atoms with E-state index in [9.17, 15) is 22.0 Å². The zero-order valence-corrected chi connectivity index (χ0v) is 18.2. The fourth-order valence-corrected chi connectivity index (χ4v) is 5.43. The summed E-state index contributed by atoms with van der Waals surface area (Å²) in [6.07, 6.45) is 11.8. The van der Waals surface area contributed by atoms with Crippen LogP contribution in [0, 0.1) is 35.3 Å². The van der Waals surface area contributed by atoms with E-state index < -0.39 is 23.7 Å². The number of aryl methyl sites for hydroxylation is 1. The molecule has 1 nitrogen and oxygen atoms in total. The first-order valence-electron chi connectivity index (χ1n) is 11.7. The van der Waals surface area contributed by atoms with E-state index in [2.05, 4.69) is 23.8 Å². The third kappa shape index (κ3) is 7.21. The number of benzene rings is 1. The molecule has 0 amide bonds. The number of allylic oxidation sites excluding steroid dienone is 2. The van der Waals surface area contributed by atoms with E-state index in [4.69, 9.17) is 0 Å². The minimum atomic E-state index is -5.12. The molecule has 2 fully saturated rings. The normalized spacial score (nSPS) is 27.5. The van der Waals surface area contributed by atoms with Gasteiger partial charge in [0.2, 0.25) is 5.75 Å². The highest BCUT2D eigenvalue weighted by Gasteiger charge is 2.34. The number of hydrogen-bond acceptors (Lipinski definition) is 1. The highest BCUT2D eigenvalue weighted by atomic mass is 19.4. The summed E-state index contributed by atoms with van der Waals surface area (Å²) in [5, 5.41) is 0. The molecule has 0 N–H and O–H groups in total. The van der Waals surface area contributed by atoms with E-state index in [1.165, 1.54) is 38.5 Å². The number of hydrogen-bond donors (Lipinski definition) is 0. The van der Waals surface area contributed by atoms with E-state index >= 15 is 0 Å². The van der Waals surface area contributed by atoms with Crippen LogP contribution in [0.5, 0.6) is 5.75 Å². The Bertz CT molecular complexity index is 703. The Kier molecular flexibility index (Phi) is 8.40. The largest absolute Gasteiger partial charge is 0.573 e. The van der Waals surface area contributed by atoms with Gasteiger partial charge in [-0.1, -0.05) is 31.9 Å². The summed E-state index contributed by atoms with van der Waals surface area (Å²) in [5.41, 5.74) is 0.380. The van der Waals surface area contributed by atoms with E-state index in [-0.39, 0.29) is 0 Å². The fourth-order valence-electron chi connectivity index (χ4n) is 5.43. The van der Waals surface area contributed by atoms with E-state index in [0.29, 0.717) is 17.9 Å². The average Bonchev–Trinajstić information content (AvgIpc) is 2.73. The van der Waals surface area contributed by atoms with Crippen molar-refractivity contribution in [2.45, 2.75) is 83.9 Å². The van der Waals surface area contributed by atoms with Gasteiger partial charge in [-0.15, -0.1) is 13.2 Å². The molecule has 0 saturated heterocycles. The monoisotopic (exact) mass is 444 g/mol. The molecule has 0 aromatic heterocycles. The van der Waals surface area contributed by atoms with Gasteiger partial charge in [-0.05, 0) is 99.2 Å². The van der Waals surface area contributed by atoms with Gasteiger partial charge < -0.3 is 4.74 Å². The van der Waals surface area contributed by atoms with Gasteiger partial charge in [-0.2, -0.15) is 0 Å². The maximum absolute atomic E-state index is 13.9. The summed E-state index contributed by atoms with van der Waals surface area (Å²) in [4.78, 5) is 0. The Morgan fingerprint density at radius 1 is 0.903 bits per heavy atom. The third-order valence-electron chi connectivity index (χ3n) is 7.14. The van der Waals surface area contributed by atoms with Gasteiger partial charge in [0.05, 0.1) is 0 Å². The number of rotatable bonds is 7. The van der Waals surface area contributed by atoms with Crippen LogP contribution in [0.15, 0.2) is 24.3 Å². The van der Waals surface area contributed by atoms with Gasteiger partial charge in [0.25, 0.3) is 0 Å². The molecule has 174 valence electrons. The lowest BCUT2D eigenvalue weighted by Gasteiger charge is -2.37. The molecular formula is C25H33F5O. The number of ether oxygens (including phenoxy) is 1. The zero-order chi connectivity index (χ0) is 22.4. The van der Waals surface area contributed by atoms with E-state index in [1.54, 1.807) is 0 Å². The first-order chi connectivity index (χ1) is 14.7. The maximum Gasteiger partial charge on any atom is 0.573 e. The minimum Gasteiger partial charge on any atom is -0.399 e. The van der Waals surface area contributed by atoms with Gasteiger partial charge in [0.15, 0.2) is 11.6 Å². The smallest absolute Gasteiger partial charge is 0.399 e. The van der Waals surface area contributed by atoms with Gasteiger partial charge in [-0.25, -0.2) is 8.78 Å². The fraction of sp³-hybridized carbons (Fsp3) is 0.680. The molecule has 3 rings (SSSR count). The quantitative estimate of drug-likeness (QED) is 0.303. The summed E-state index contributed by atoms with van der Waals surface area (Å²) in [5.74, 6) is -1.10. The first kappa shape index (κ1) is 24.1. The second kappa shape index (κ2) is 10.8. The number of halogens is 5. The second-order valence-electron chi connectivity index (χ2n) is 9.27. The molecule has 0 aliphatic heterocycles. The summed E-state index contributed by atoms with van der Waals surface area (Å²) < 4.78 is 68.0. The minimum absolute atomic E-state index is 0.380. The maximum atomic E-state index is 13.9. The van der Waals surface area contributed by atoms with Crippen molar-refractivity contribution in [1.29, 1.82) is 0 Å². The van der Waals surface area contributed by atoms with Crippen LogP contribution in [0.25, 0.3) is 0 Å². The SMILES string of the molecule is CCC=CC1CCC(C2CCC(CCc3cc(F)c(OC(F)(F)F)c(F)c3)CC2)CC1. The standard InChI is InChI=1S/C25H33F5O/c1-2-3-4-17-7-11-20(12-8-17)21-13-9-18(10-14-21)5-6-19-15-22(26)24(23(27)16-19)31-25(28,29)30/h3-4,15-18,20-21H,2,5-14H2,1H3. The lowest BCUT2D eigenvalue weighted by molar-refractivity contribution is -0.276. The van der Waals surface area contributed by atoms with Crippen molar-refractivity contribution in [3.05, 3.63) is 41.5 Å². The molecule has 2 aliphatic carbocycles. The second-order valence-corrected chi connectivity index (χ2v) is 9.27. The van der Waals surface area contributed by atoms with Crippen molar-refractivity contribution < 1.29 is 26.7 Å². The van der Waals surface area contributed by atoms with Crippen molar-refractivity contribution in [2.75, 3.05) is 0 Å². The molecule has 0 bridgehead atoms. The van der Waals surface area contributed by atoms with Crippen LogP contribution in [-0.4, -0.2) is 6.36 Å². The molecule has 0 heterocycles. The lowest BCUT2D eigenvalue weighted by atomic mass is 9.68. The van der Waals surface area contributed by atoms with Crippen LogP contribution in [0.1, 0.15) is 76.7 Å². The Morgan fingerprint density at radius 3 is 1.97 bits per heavy atom. The Morgan fingerprint density at radius 2 is 1.45 bits per heavy atom. The van der Waals surface area contributed by atoms with E-state index in [0.717, 1.165) is 55.6 Å². The topological polar surface area (TPSA) is 9.23 Å². The molecule has 0 spiro atoms. The third-order valence-corrected chi connectivity index (χ3v) is 7.14. The van der Waals surface area contributed by atoms with Crippen LogP contribution < -0.4 is 4.74 Å². The van der Waals surface area contributed by atoms with Crippen molar-refractivity contribution in [2.24, 2.45) is 23.7 Å². The number of alkyl halides is 3. The molecule has 0 unspecified atom stereocenters. The Labute approximate surface area is 182 Å². The van der Waals surface area contributed by atoms with Crippen molar-refractivity contribution in [1.82, 2.24) is 0 Å². The molecule has 0 atom stereocenters. The van der Waals surface area contributed by atoms with Crippen LogP contribution in [0.3, 0.4) is 0 Å². The van der Waals surface area contributed by atoms with Crippen molar-refractivity contribution in [3.63, 3.8) is 0 Å². The zero-order valence-electron chi connectivity index (χ0n) is 18.2. The van der Waals surface area contributed by atoms with Gasteiger partial charge in [0, 0.05) is 0 Å². The van der Waals surface area contributed by atoms with Gasteiger partial charge >= 0.3 is 6.36 Å². The Balaban J connectivity index is 1.43. The molecular weight excluding hydrogens is 411 g/mol. The van der Waals surface area contributed by atoms with Crippen molar-refractivity contribution >= 4 is 0 Å². The van der Waals surface area contributed by atoms with Crippen LogP contribution in [0.2, 0.25) is 0 Å². The van der Waals surface area contributed by atoms with Gasteiger partial charge in [0.1, 0.15) is 0 Å². The molecule has 6 heteroatoms. The van der Waals surface area contributed by atoms with Crippen molar-refractivity contribution in [3.8, 4) is 5.75 Å². The molecule has 1 aromatic rings. The Hall–Kier alpha value is -1.59. The van der Waals surface area contributed by atoms with Crippen LogP contribution >= 0.6 is 0 Å². The summed E-state index contributed by atoms with van der Waals surface area (Å²) in [7, 11) is 0. The average molecular weight is 445 g/mol. The van der Waals surface area contributed by atoms with E-state index in [1.807, 2.05) is 0 Å². The molecule has 2 saturated carbocycles. The molecule has 2 aliphatic rings.